The Bertz CT molecular complexity index is 972. The van der Waals surface area contributed by atoms with E-state index >= 15 is 0 Å². The van der Waals surface area contributed by atoms with E-state index in [1.54, 1.807) is 32.4 Å². The number of hydrogen-bond acceptors (Lipinski definition) is 6. The van der Waals surface area contributed by atoms with E-state index in [4.69, 9.17) is 9.47 Å². The van der Waals surface area contributed by atoms with E-state index in [0.717, 1.165) is 16.9 Å². The van der Waals surface area contributed by atoms with Crippen molar-refractivity contribution in [2.45, 2.75) is 25.0 Å². The highest BCUT2D eigenvalue weighted by molar-refractivity contribution is 6.07. The van der Waals surface area contributed by atoms with Crippen LogP contribution >= 0.6 is 0 Å². The number of methoxy groups -OCH3 is 1. The third-order valence-corrected chi connectivity index (χ3v) is 5.36. The number of esters is 1. The molecule has 0 bridgehead atoms. The molecule has 1 aliphatic heterocycles. The summed E-state index contributed by atoms with van der Waals surface area (Å²) in [6.45, 7) is 0.128. The lowest BCUT2D eigenvalue weighted by Crippen LogP contribution is -2.48. The molecule has 4 rings (SSSR count). The molecule has 1 spiro atoms. The molecule has 1 aromatic heterocycles. The Kier molecular flexibility index (Phi) is 4.26. The van der Waals surface area contributed by atoms with Gasteiger partial charge in [0.05, 0.1) is 12.7 Å². The number of imide groups is 1. The van der Waals surface area contributed by atoms with E-state index in [1.807, 2.05) is 12.1 Å². The van der Waals surface area contributed by atoms with E-state index in [-0.39, 0.29) is 12.5 Å². The number of ether oxygens (including phenoxy) is 2. The van der Waals surface area contributed by atoms with Crippen LogP contribution in [-0.4, -0.2) is 47.5 Å². The number of amides is 3. The summed E-state index contributed by atoms with van der Waals surface area (Å²) in [5, 5.41) is 2.34. The monoisotopic (exact) mass is 381 g/mol. The summed E-state index contributed by atoms with van der Waals surface area (Å²) in [5.74, 6) is -0.0970. The normalized spacial score (nSPS) is 20.3. The SMILES string of the molecule is COc1ccc(COC(=O)c2cnc3c(c2)C[C@@]2(C3)C(=O)NC(=O)N2C)cc1. The number of rotatable bonds is 4. The zero-order valence-electron chi connectivity index (χ0n) is 15.5. The number of fused-ring (bicyclic) bond motifs is 1. The molecule has 0 radical (unpaired) electrons. The average molecular weight is 381 g/mol. The van der Waals surface area contributed by atoms with Gasteiger partial charge in [0.15, 0.2) is 0 Å². The Labute approximate surface area is 161 Å². The van der Waals surface area contributed by atoms with Crippen LogP contribution in [0.2, 0.25) is 0 Å². The van der Waals surface area contributed by atoms with Crippen molar-refractivity contribution in [3.05, 3.63) is 58.9 Å². The molecule has 144 valence electrons. The molecule has 0 saturated carbocycles. The lowest BCUT2D eigenvalue weighted by molar-refractivity contribution is -0.125. The Morgan fingerprint density at radius 1 is 1.25 bits per heavy atom. The molecule has 1 atom stereocenters. The number of aromatic nitrogens is 1. The molecule has 1 aliphatic carbocycles. The van der Waals surface area contributed by atoms with Gasteiger partial charge < -0.3 is 14.4 Å². The minimum atomic E-state index is -0.960. The molecule has 28 heavy (non-hydrogen) atoms. The highest BCUT2D eigenvalue weighted by Crippen LogP contribution is 2.36. The first-order valence-corrected chi connectivity index (χ1v) is 8.80. The largest absolute Gasteiger partial charge is 0.497 e. The Balaban J connectivity index is 1.47. The molecule has 3 amide bonds. The van der Waals surface area contributed by atoms with Gasteiger partial charge in [0.1, 0.15) is 17.9 Å². The molecule has 1 fully saturated rings. The predicted octanol–water partition coefficient (Wildman–Crippen LogP) is 1.47. The van der Waals surface area contributed by atoms with Gasteiger partial charge in [0.2, 0.25) is 0 Å². The van der Waals surface area contributed by atoms with Gasteiger partial charge in [0, 0.05) is 31.8 Å². The molecular weight excluding hydrogens is 362 g/mol. The third kappa shape index (κ3) is 2.87. The lowest BCUT2D eigenvalue weighted by Gasteiger charge is -2.27. The third-order valence-electron chi connectivity index (χ3n) is 5.36. The van der Waals surface area contributed by atoms with Crippen LogP contribution < -0.4 is 10.1 Å². The van der Waals surface area contributed by atoms with Crippen LogP contribution in [0.4, 0.5) is 4.79 Å². The molecular formula is C20H19N3O5. The standard InChI is InChI=1S/C20H19N3O5/c1-23-19(26)22-18(25)20(23)8-13-7-14(10-21-16(13)9-20)17(24)28-11-12-3-5-15(27-2)6-4-12/h3-7,10H,8-9,11H2,1-2H3,(H,22,25,26)/t20-/m1/s1. The van der Waals surface area contributed by atoms with Gasteiger partial charge in [-0.05, 0) is 29.3 Å². The second-order valence-electron chi connectivity index (χ2n) is 6.96. The highest BCUT2D eigenvalue weighted by atomic mass is 16.5. The Morgan fingerprint density at radius 3 is 2.64 bits per heavy atom. The molecule has 2 heterocycles. The summed E-state index contributed by atoms with van der Waals surface area (Å²) in [7, 11) is 3.18. The van der Waals surface area contributed by atoms with Crippen molar-refractivity contribution in [2.75, 3.05) is 14.2 Å². The molecule has 8 heteroatoms. The molecule has 0 unspecified atom stereocenters. The summed E-state index contributed by atoms with van der Waals surface area (Å²) in [6.07, 6.45) is 2.10. The fourth-order valence-electron chi connectivity index (χ4n) is 3.61. The maximum atomic E-state index is 12.4. The van der Waals surface area contributed by atoms with E-state index in [9.17, 15) is 14.4 Å². The maximum absolute atomic E-state index is 12.4. The van der Waals surface area contributed by atoms with Crippen molar-refractivity contribution in [1.82, 2.24) is 15.2 Å². The first-order chi connectivity index (χ1) is 13.4. The number of benzene rings is 1. The maximum Gasteiger partial charge on any atom is 0.340 e. The Hall–Kier alpha value is -3.42. The van der Waals surface area contributed by atoms with Gasteiger partial charge in [-0.15, -0.1) is 0 Å². The van der Waals surface area contributed by atoms with E-state index in [0.29, 0.717) is 24.1 Å². The first kappa shape index (κ1) is 18.0. The second-order valence-corrected chi connectivity index (χ2v) is 6.96. The topological polar surface area (TPSA) is 97.8 Å². The van der Waals surface area contributed by atoms with Gasteiger partial charge in [-0.2, -0.15) is 0 Å². The molecule has 2 aliphatic rings. The van der Waals surface area contributed by atoms with Crippen LogP contribution in [0.3, 0.4) is 0 Å². The first-order valence-electron chi connectivity index (χ1n) is 8.80. The number of carbonyl (C=O) groups is 3. The van der Waals surface area contributed by atoms with E-state index in [2.05, 4.69) is 10.3 Å². The summed E-state index contributed by atoms with van der Waals surface area (Å²) in [6, 6.07) is 8.51. The van der Waals surface area contributed by atoms with Crippen LogP contribution in [-0.2, 0) is 29.0 Å². The smallest absolute Gasteiger partial charge is 0.340 e. The number of nitrogens with one attached hydrogen (secondary N) is 1. The summed E-state index contributed by atoms with van der Waals surface area (Å²) >= 11 is 0. The number of pyridine rings is 1. The van der Waals surface area contributed by atoms with Crippen molar-refractivity contribution in [1.29, 1.82) is 0 Å². The minimum absolute atomic E-state index is 0.128. The highest BCUT2D eigenvalue weighted by Gasteiger charge is 2.54. The average Bonchev–Trinajstić information content (AvgIpc) is 3.19. The van der Waals surface area contributed by atoms with Gasteiger partial charge >= 0.3 is 12.0 Å². The summed E-state index contributed by atoms with van der Waals surface area (Å²) < 4.78 is 10.5. The summed E-state index contributed by atoms with van der Waals surface area (Å²) in [5.41, 5.74) is 1.68. The lowest BCUT2D eigenvalue weighted by atomic mass is 9.95. The molecule has 2 aromatic rings. The summed E-state index contributed by atoms with van der Waals surface area (Å²) in [4.78, 5) is 42.3. The van der Waals surface area contributed by atoms with Gasteiger partial charge in [0.25, 0.3) is 5.91 Å². The number of carbonyl (C=O) groups excluding carboxylic acids is 3. The number of nitrogens with zero attached hydrogens (tertiary/aromatic N) is 2. The molecule has 8 nitrogen and oxygen atoms in total. The zero-order valence-corrected chi connectivity index (χ0v) is 15.5. The van der Waals surface area contributed by atoms with Crippen LogP contribution in [0.15, 0.2) is 36.5 Å². The fourth-order valence-corrected chi connectivity index (χ4v) is 3.61. The molecule has 1 saturated heterocycles. The van der Waals surface area contributed by atoms with Crippen molar-refractivity contribution in [3.8, 4) is 5.75 Å². The quantitative estimate of drug-likeness (QED) is 0.636. The number of hydrogen-bond donors (Lipinski definition) is 1. The fraction of sp³-hybridized carbons (Fsp3) is 0.300. The van der Waals surface area contributed by atoms with Gasteiger partial charge in [-0.1, -0.05) is 12.1 Å². The van der Waals surface area contributed by atoms with E-state index in [1.165, 1.54) is 11.1 Å². The van der Waals surface area contributed by atoms with Crippen LogP contribution in [0, 0.1) is 0 Å². The Morgan fingerprint density at radius 2 is 2.00 bits per heavy atom. The van der Waals surface area contributed by atoms with Crippen LogP contribution in [0.1, 0.15) is 27.2 Å². The predicted molar refractivity (Wildman–Crippen MR) is 97.8 cm³/mol. The van der Waals surface area contributed by atoms with Crippen LogP contribution in [0.5, 0.6) is 5.75 Å². The zero-order chi connectivity index (χ0) is 19.9. The van der Waals surface area contributed by atoms with Gasteiger partial charge in [-0.3, -0.25) is 15.1 Å². The van der Waals surface area contributed by atoms with Crippen molar-refractivity contribution >= 4 is 17.9 Å². The number of urea groups is 1. The van der Waals surface area contributed by atoms with Crippen LogP contribution in [0.25, 0.3) is 0 Å². The number of likely N-dealkylation sites (N-methyl/N-ethyl adjacent to an activating group) is 1. The van der Waals surface area contributed by atoms with Crippen molar-refractivity contribution in [2.24, 2.45) is 0 Å². The minimum Gasteiger partial charge on any atom is -0.497 e. The second kappa shape index (κ2) is 6.63. The van der Waals surface area contributed by atoms with E-state index < -0.39 is 17.5 Å². The molecule has 1 N–H and O–H groups in total. The van der Waals surface area contributed by atoms with Crippen molar-refractivity contribution < 1.29 is 23.9 Å². The van der Waals surface area contributed by atoms with Crippen molar-refractivity contribution in [3.63, 3.8) is 0 Å². The molecule has 1 aromatic carbocycles. The van der Waals surface area contributed by atoms with Gasteiger partial charge in [-0.25, -0.2) is 9.59 Å².